The number of nitrogens with zero attached hydrogens (tertiary/aromatic N) is 4. The molecule has 0 spiro atoms. The molecule has 1 aromatic carbocycles. The lowest BCUT2D eigenvalue weighted by Crippen LogP contribution is -2.47. The summed E-state index contributed by atoms with van der Waals surface area (Å²) in [4.78, 5) is 33.9. The Balaban J connectivity index is 1.63. The fourth-order valence-electron chi connectivity index (χ4n) is 3.09. The van der Waals surface area contributed by atoms with Crippen LogP contribution in [-0.2, 0) is 11.3 Å². The molecule has 0 saturated carbocycles. The Labute approximate surface area is 172 Å². The molecule has 0 atom stereocenters. The minimum atomic E-state index is -0.997. The number of ether oxygens (including phenoxy) is 1. The van der Waals surface area contributed by atoms with E-state index in [-0.39, 0.29) is 18.0 Å². The summed E-state index contributed by atoms with van der Waals surface area (Å²) in [5, 5.41) is 0. The maximum Gasteiger partial charge on any atom is 0.437 e. The van der Waals surface area contributed by atoms with E-state index in [1.165, 1.54) is 12.3 Å². The van der Waals surface area contributed by atoms with E-state index in [2.05, 4.69) is 14.9 Å². The quantitative estimate of drug-likeness (QED) is 0.473. The Morgan fingerprint density at radius 1 is 1.03 bits per heavy atom. The van der Waals surface area contributed by atoms with Crippen molar-refractivity contribution in [3.63, 3.8) is 0 Å². The predicted molar refractivity (Wildman–Crippen MR) is 110 cm³/mol. The van der Waals surface area contributed by atoms with Gasteiger partial charge in [0.15, 0.2) is 17.6 Å². The van der Waals surface area contributed by atoms with Gasteiger partial charge in [-0.1, -0.05) is 0 Å². The molecule has 0 bridgehead atoms. The summed E-state index contributed by atoms with van der Waals surface area (Å²) in [5.41, 5.74) is 17.0. The van der Waals surface area contributed by atoms with Crippen molar-refractivity contribution in [1.29, 1.82) is 0 Å². The van der Waals surface area contributed by atoms with Crippen LogP contribution in [0.1, 0.15) is 15.9 Å². The molecule has 11 heteroatoms. The number of aromatic nitrogens is 1. The van der Waals surface area contributed by atoms with Crippen molar-refractivity contribution in [1.82, 2.24) is 4.98 Å². The molecule has 158 valence electrons. The highest BCUT2D eigenvalue weighted by molar-refractivity contribution is 5.93. The molecule has 1 fully saturated rings. The van der Waals surface area contributed by atoms with Gasteiger partial charge >= 0.3 is 6.09 Å². The van der Waals surface area contributed by atoms with Gasteiger partial charge in [-0.2, -0.15) is 0 Å². The smallest absolute Gasteiger partial charge is 0.437 e. The average molecular weight is 415 g/mol. The number of piperazine rings is 1. The van der Waals surface area contributed by atoms with Crippen molar-refractivity contribution in [3.05, 3.63) is 53.5 Å². The van der Waals surface area contributed by atoms with Crippen LogP contribution in [-0.4, -0.2) is 49.1 Å². The number of amides is 2. The van der Waals surface area contributed by atoms with E-state index in [0.29, 0.717) is 31.7 Å². The van der Waals surface area contributed by atoms with Crippen molar-refractivity contribution in [2.75, 3.05) is 36.0 Å². The number of hydrogen-bond donors (Lipinski definition) is 3. The van der Waals surface area contributed by atoms with E-state index < -0.39 is 23.8 Å². The maximum atomic E-state index is 14.9. The Hall–Kier alpha value is -3.89. The lowest BCUT2D eigenvalue weighted by molar-refractivity contribution is 0.1000. The number of carbonyl (C=O) groups is 2. The van der Waals surface area contributed by atoms with Gasteiger partial charge in [-0.25, -0.2) is 14.2 Å². The first-order chi connectivity index (χ1) is 14.3. The minimum absolute atomic E-state index is 0.170. The second kappa shape index (κ2) is 9.07. The molecule has 3 rings (SSSR count). The largest absolute Gasteiger partial charge is 0.443 e. The van der Waals surface area contributed by atoms with Gasteiger partial charge in [-0.05, 0) is 30.3 Å². The van der Waals surface area contributed by atoms with E-state index in [4.69, 9.17) is 21.9 Å². The lowest BCUT2D eigenvalue weighted by atomic mass is 10.1. The SMILES string of the molecule is NC(=O)c1ccc(N2CCN(c3nccc(COC(=O)N=C(N)N)c3F)CC2)cc1. The van der Waals surface area contributed by atoms with Gasteiger partial charge in [0.2, 0.25) is 5.91 Å². The summed E-state index contributed by atoms with van der Waals surface area (Å²) in [7, 11) is 0. The lowest BCUT2D eigenvalue weighted by Gasteiger charge is -2.37. The molecule has 0 aliphatic carbocycles. The van der Waals surface area contributed by atoms with Gasteiger partial charge in [0.25, 0.3) is 0 Å². The summed E-state index contributed by atoms with van der Waals surface area (Å²) in [6.45, 7) is 2.04. The van der Waals surface area contributed by atoms with Crippen molar-refractivity contribution < 1.29 is 18.7 Å². The Bertz CT molecular complexity index is 953. The number of halogens is 1. The van der Waals surface area contributed by atoms with Crippen LogP contribution in [0, 0.1) is 5.82 Å². The Morgan fingerprint density at radius 3 is 2.27 bits per heavy atom. The molecule has 1 aliphatic heterocycles. The zero-order valence-electron chi connectivity index (χ0n) is 16.1. The van der Waals surface area contributed by atoms with Crippen LogP contribution in [0.5, 0.6) is 0 Å². The monoisotopic (exact) mass is 415 g/mol. The number of aliphatic imine (C=N–C) groups is 1. The molecule has 10 nitrogen and oxygen atoms in total. The number of anilines is 2. The molecule has 2 heterocycles. The number of primary amides is 1. The molecule has 0 radical (unpaired) electrons. The number of nitrogens with two attached hydrogens (primary N) is 3. The highest BCUT2D eigenvalue weighted by Gasteiger charge is 2.22. The molecular formula is C19H22FN7O3. The van der Waals surface area contributed by atoms with Crippen molar-refractivity contribution in [2.24, 2.45) is 22.2 Å². The zero-order chi connectivity index (χ0) is 21.7. The van der Waals surface area contributed by atoms with Crippen LogP contribution in [0.15, 0.2) is 41.5 Å². The second-order valence-electron chi connectivity index (χ2n) is 6.58. The number of carbonyl (C=O) groups excluding carboxylic acids is 2. The summed E-state index contributed by atoms with van der Waals surface area (Å²) in [5.74, 6) is -1.28. The Kier molecular flexibility index (Phi) is 6.30. The maximum absolute atomic E-state index is 14.9. The van der Waals surface area contributed by atoms with Crippen molar-refractivity contribution in [2.45, 2.75) is 6.61 Å². The number of hydrogen-bond acceptors (Lipinski definition) is 6. The highest BCUT2D eigenvalue weighted by Crippen LogP contribution is 2.24. The zero-order valence-corrected chi connectivity index (χ0v) is 16.1. The van der Waals surface area contributed by atoms with E-state index in [9.17, 15) is 14.0 Å². The first kappa shape index (κ1) is 20.8. The number of pyridine rings is 1. The van der Waals surface area contributed by atoms with E-state index in [1.54, 1.807) is 12.1 Å². The number of benzene rings is 1. The summed E-state index contributed by atoms with van der Waals surface area (Å²) < 4.78 is 19.7. The van der Waals surface area contributed by atoms with E-state index in [1.807, 2.05) is 17.0 Å². The summed E-state index contributed by atoms with van der Waals surface area (Å²) in [6, 6.07) is 8.45. The van der Waals surface area contributed by atoms with Gasteiger partial charge in [0.05, 0.1) is 0 Å². The molecule has 2 aromatic rings. The second-order valence-corrected chi connectivity index (χ2v) is 6.58. The summed E-state index contributed by atoms with van der Waals surface area (Å²) >= 11 is 0. The van der Waals surface area contributed by atoms with Crippen LogP contribution in [0.3, 0.4) is 0 Å². The van der Waals surface area contributed by atoms with Crippen LogP contribution in [0.4, 0.5) is 20.7 Å². The topological polar surface area (TPSA) is 153 Å². The molecule has 0 unspecified atom stereocenters. The first-order valence-electron chi connectivity index (χ1n) is 9.14. The average Bonchev–Trinajstić information content (AvgIpc) is 2.73. The van der Waals surface area contributed by atoms with E-state index in [0.717, 1.165) is 5.69 Å². The van der Waals surface area contributed by atoms with Gasteiger partial charge in [0, 0.05) is 49.2 Å². The van der Waals surface area contributed by atoms with Gasteiger partial charge in [-0.3, -0.25) is 4.79 Å². The van der Waals surface area contributed by atoms with E-state index >= 15 is 0 Å². The molecule has 6 N–H and O–H groups in total. The van der Waals surface area contributed by atoms with Gasteiger partial charge < -0.3 is 31.7 Å². The molecule has 2 amide bonds. The van der Waals surface area contributed by atoms with Crippen molar-refractivity contribution in [3.8, 4) is 0 Å². The fourth-order valence-corrected chi connectivity index (χ4v) is 3.09. The third-order valence-electron chi connectivity index (χ3n) is 4.62. The van der Waals surface area contributed by atoms with Gasteiger partial charge in [0.1, 0.15) is 6.61 Å². The van der Waals surface area contributed by atoms with Crippen LogP contribution >= 0.6 is 0 Å². The third-order valence-corrected chi connectivity index (χ3v) is 4.62. The van der Waals surface area contributed by atoms with Crippen LogP contribution < -0.4 is 27.0 Å². The molecule has 1 aromatic heterocycles. The molecule has 30 heavy (non-hydrogen) atoms. The third kappa shape index (κ3) is 4.93. The van der Waals surface area contributed by atoms with Gasteiger partial charge in [-0.15, -0.1) is 4.99 Å². The molecular weight excluding hydrogens is 393 g/mol. The molecule has 1 aliphatic rings. The first-order valence-corrected chi connectivity index (χ1v) is 9.14. The highest BCUT2D eigenvalue weighted by atomic mass is 19.1. The fraction of sp³-hybridized carbons (Fsp3) is 0.263. The molecule has 1 saturated heterocycles. The van der Waals surface area contributed by atoms with Crippen LogP contribution in [0.25, 0.3) is 0 Å². The standard InChI is InChI=1S/C19H22FN7O3/c20-15-13(11-30-19(29)25-18(22)23)5-6-24-17(15)27-9-7-26(8-10-27)14-3-1-12(2-4-14)16(21)28/h1-6H,7-11H2,(H2,21,28)(H4,22,23,25,29). The minimum Gasteiger partial charge on any atom is -0.443 e. The predicted octanol–water partition coefficient (Wildman–Crippen LogP) is 0.556. The van der Waals surface area contributed by atoms with Crippen molar-refractivity contribution >= 4 is 29.5 Å². The summed E-state index contributed by atoms with van der Waals surface area (Å²) in [6.07, 6.45) is 0.459. The van der Waals surface area contributed by atoms with Crippen LogP contribution in [0.2, 0.25) is 0 Å². The number of rotatable bonds is 5. The Morgan fingerprint density at radius 2 is 1.67 bits per heavy atom. The normalized spacial score (nSPS) is 13.6. The number of guanidine groups is 1.